The zero-order chi connectivity index (χ0) is 13.1. The molecule has 2 aliphatic rings. The maximum absolute atomic E-state index is 12.4. The fourth-order valence-corrected chi connectivity index (χ4v) is 2.78. The molecule has 2 heterocycles. The third kappa shape index (κ3) is 2.51. The first-order valence-electron chi connectivity index (χ1n) is 6.85. The maximum Gasteiger partial charge on any atom is 0.243 e. The van der Waals surface area contributed by atoms with Crippen LogP contribution < -0.4 is 0 Å². The van der Waals surface area contributed by atoms with Crippen LogP contribution in [0.5, 0.6) is 0 Å². The van der Waals surface area contributed by atoms with E-state index in [1.54, 1.807) is 9.80 Å². The van der Waals surface area contributed by atoms with Crippen molar-refractivity contribution in [3.8, 4) is 0 Å². The molecule has 0 aromatic heterocycles. The predicted octanol–water partition coefficient (Wildman–Crippen LogP) is 0.840. The van der Waals surface area contributed by atoms with Crippen LogP contribution in [0.3, 0.4) is 0 Å². The summed E-state index contributed by atoms with van der Waals surface area (Å²) in [4.78, 5) is 27.5. The molecule has 18 heavy (non-hydrogen) atoms. The predicted molar refractivity (Wildman–Crippen MR) is 66.7 cm³/mol. The molecule has 0 N–H and O–H groups in total. The summed E-state index contributed by atoms with van der Waals surface area (Å²) < 4.78 is 5.65. The van der Waals surface area contributed by atoms with Crippen LogP contribution in [0, 0.1) is 5.92 Å². The molecule has 2 amide bonds. The monoisotopic (exact) mass is 254 g/mol. The summed E-state index contributed by atoms with van der Waals surface area (Å²) in [5, 5.41) is 0. The third-order valence-electron chi connectivity index (χ3n) is 3.87. The smallest absolute Gasteiger partial charge is 0.243 e. The van der Waals surface area contributed by atoms with Gasteiger partial charge >= 0.3 is 0 Å². The Kier molecular flexibility index (Phi) is 4.22. The Bertz CT molecular complexity index is 332. The zero-order valence-corrected chi connectivity index (χ0v) is 11.2. The molecule has 0 unspecified atom stereocenters. The summed E-state index contributed by atoms with van der Waals surface area (Å²) in [6.07, 6.45) is 2.70. The highest BCUT2D eigenvalue weighted by atomic mass is 16.5. The second-order valence-corrected chi connectivity index (χ2v) is 4.99. The fraction of sp³-hybridized carbons (Fsp3) is 0.846. The maximum atomic E-state index is 12.4. The van der Waals surface area contributed by atoms with Crippen LogP contribution >= 0.6 is 0 Å². The van der Waals surface area contributed by atoms with Gasteiger partial charge in [-0.2, -0.15) is 0 Å². The summed E-state index contributed by atoms with van der Waals surface area (Å²) in [6, 6.07) is 0. The van der Waals surface area contributed by atoms with E-state index in [1.165, 1.54) is 0 Å². The van der Waals surface area contributed by atoms with Crippen LogP contribution in [-0.4, -0.2) is 54.1 Å². The summed E-state index contributed by atoms with van der Waals surface area (Å²) in [7, 11) is 0. The molecule has 102 valence electrons. The van der Waals surface area contributed by atoms with Gasteiger partial charge in [0, 0.05) is 13.2 Å². The minimum Gasteiger partial charge on any atom is -0.377 e. The van der Waals surface area contributed by atoms with Crippen molar-refractivity contribution in [2.24, 2.45) is 5.92 Å². The Morgan fingerprint density at radius 1 is 1.44 bits per heavy atom. The van der Waals surface area contributed by atoms with Gasteiger partial charge in [-0.3, -0.25) is 9.59 Å². The highest BCUT2D eigenvalue weighted by Crippen LogP contribution is 2.26. The summed E-state index contributed by atoms with van der Waals surface area (Å²) in [5.41, 5.74) is 0. The largest absolute Gasteiger partial charge is 0.377 e. The molecule has 2 atom stereocenters. The first-order chi connectivity index (χ1) is 8.67. The van der Waals surface area contributed by atoms with Gasteiger partial charge in [0.2, 0.25) is 11.8 Å². The van der Waals surface area contributed by atoms with Crippen molar-refractivity contribution in [1.29, 1.82) is 0 Å². The number of hydrogen-bond donors (Lipinski definition) is 0. The normalized spacial score (nSPS) is 28.9. The molecule has 2 rings (SSSR count). The van der Waals surface area contributed by atoms with Crippen molar-refractivity contribution in [3.63, 3.8) is 0 Å². The van der Waals surface area contributed by atoms with Crippen molar-refractivity contribution < 1.29 is 14.3 Å². The van der Waals surface area contributed by atoms with Crippen molar-refractivity contribution in [2.45, 2.75) is 39.2 Å². The van der Waals surface area contributed by atoms with E-state index in [0.29, 0.717) is 13.2 Å². The van der Waals surface area contributed by atoms with E-state index < -0.39 is 0 Å². The SMILES string of the molecule is CC[C@H]1OCCC[C@H]1C(=O)N1CC(=O)N(CC)C1. The minimum absolute atomic E-state index is 0.0250. The Morgan fingerprint density at radius 2 is 2.22 bits per heavy atom. The topological polar surface area (TPSA) is 49.9 Å². The highest BCUT2D eigenvalue weighted by Gasteiger charge is 2.37. The second kappa shape index (κ2) is 5.69. The number of nitrogens with zero attached hydrogens (tertiary/aromatic N) is 2. The van der Waals surface area contributed by atoms with E-state index in [4.69, 9.17) is 4.74 Å². The van der Waals surface area contributed by atoms with Crippen LogP contribution in [0.2, 0.25) is 0 Å². The molecule has 0 aromatic carbocycles. The molecular formula is C13H22N2O3. The van der Waals surface area contributed by atoms with Gasteiger partial charge in [-0.25, -0.2) is 0 Å². The third-order valence-corrected chi connectivity index (χ3v) is 3.87. The van der Waals surface area contributed by atoms with Gasteiger partial charge in [0.15, 0.2) is 0 Å². The second-order valence-electron chi connectivity index (χ2n) is 4.99. The molecule has 0 saturated carbocycles. The Morgan fingerprint density at radius 3 is 2.83 bits per heavy atom. The van der Waals surface area contributed by atoms with Gasteiger partial charge < -0.3 is 14.5 Å². The molecule has 0 aliphatic carbocycles. The zero-order valence-electron chi connectivity index (χ0n) is 11.2. The van der Waals surface area contributed by atoms with Gasteiger partial charge in [0.25, 0.3) is 0 Å². The molecule has 5 nitrogen and oxygen atoms in total. The number of carbonyl (C=O) groups is 2. The Hall–Kier alpha value is -1.10. The number of hydrogen-bond acceptors (Lipinski definition) is 3. The molecule has 0 aromatic rings. The van der Waals surface area contributed by atoms with Crippen molar-refractivity contribution in [1.82, 2.24) is 9.80 Å². The molecule has 5 heteroatoms. The van der Waals surface area contributed by atoms with E-state index in [0.717, 1.165) is 25.9 Å². The van der Waals surface area contributed by atoms with Gasteiger partial charge in [0.1, 0.15) is 6.54 Å². The number of ether oxygens (including phenoxy) is 1. The van der Waals surface area contributed by atoms with Gasteiger partial charge in [0.05, 0.1) is 18.7 Å². The molecule has 2 fully saturated rings. The van der Waals surface area contributed by atoms with Crippen molar-refractivity contribution >= 4 is 11.8 Å². The van der Waals surface area contributed by atoms with Gasteiger partial charge in [-0.1, -0.05) is 6.92 Å². The van der Waals surface area contributed by atoms with Crippen LogP contribution in [0.25, 0.3) is 0 Å². The van der Waals surface area contributed by atoms with E-state index in [2.05, 4.69) is 0 Å². The average molecular weight is 254 g/mol. The first kappa shape index (κ1) is 13.3. The lowest BCUT2D eigenvalue weighted by atomic mass is 9.91. The van der Waals surface area contributed by atoms with Crippen molar-refractivity contribution in [2.75, 3.05) is 26.4 Å². The minimum atomic E-state index is -0.0617. The van der Waals surface area contributed by atoms with E-state index in [9.17, 15) is 9.59 Å². The number of rotatable bonds is 3. The molecule has 0 bridgehead atoms. The van der Waals surface area contributed by atoms with Crippen LogP contribution in [0.15, 0.2) is 0 Å². The first-order valence-corrected chi connectivity index (χ1v) is 6.85. The van der Waals surface area contributed by atoms with E-state index in [-0.39, 0.29) is 30.4 Å². The molecule has 2 saturated heterocycles. The fourth-order valence-electron chi connectivity index (χ4n) is 2.78. The molecule has 0 spiro atoms. The summed E-state index contributed by atoms with van der Waals surface area (Å²) >= 11 is 0. The highest BCUT2D eigenvalue weighted by molar-refractivity contribution is 5.89. The summed E-state index contributed by atoms with van der Waals surface area (Å²) in [5.74, 6) is 0.0785. The van der Waals surface area contributed by atoms with Crippen LogP contribution in [0.4, 0.5) is 0 Å². The van der Waals surface area contributed by atoms with E-state index >= 15 is 0 Å². The number of likely N-dealkylation sites (N-methyl/N-ethyl adjacent to an activating group) is 1. The number of carbonyl (C=O) groups excluding carboxylic acids is 2. The molecule has 0 radical (unpaired) electrons. The average Bonchev–Trinajstić information content (AvgIpc) is 2.79. The quantitative estimate of drug-likeness (QED) is 0.750. The van der Waals surface area contributed by atoms with Crippen molar-refractivity contribution in [3.05, 3.63) is 0 Å². The Balaban J connectivity index is 2.00. The summed E-state index contributed by atoms with van der Waals surface area (Å²) in [6.45, 7) is 6.08. The lowest BCUT2D eigenvalue weighted by Gasteiger charge is -2.32. The van der Waals surface area contributed by atoms with E-state index in [1.807, 2.05) is 13.8 Å². The van der Waals surface area contributed by atoms with Gasteiger partial charge in [-0.05, 0) is 26.2 Å². The standard InChI is InChI=1S/C13H22N2O3/c1-3-11-10(6-5-7-18-11)13(17)15-8-12(16)14(4-2)9-15/h10-11H,3-9H2,1-2H3/t10-,11-/m1/s1. The Labute approximate surface area is 108 Å². The van der Waals surface area contributed by atoms with Crippen LogP contribution in [0.1, 0.15) is 33.1 Å². The lowest BCUT2D eigenvalue weighted by molar-refractivity contribution is -0.145. The lowest BCUT2D eigenvalue weighted by Crippen LogP contribution is -2.43. The molecule has 2 aliphatic heterocycles. The van der Waals surface area contributed by atoms with Gasteiger partial charge in [-0.15, -0.1) is 0 Å². The van der Waals surface area contributed by atoms with Crippen LogP contribution in [-0.2, 0) is 14.3 Å². The molecular weight excluding hydrogens is 232 g/mol. The number of amides is 2.